The lowest BCUT2D eigenvalue weighted by molar-refractivity contribution is 0.178. The predicted octanol–water partition coefficient (Wildman–Crippen LogP) is 2.62. The van der Waals surface area contributed by atoms with Crippen LogP contribution < -0.4 is 15.2 Å². The summed E-state index contributed by atoms with van der Waals surface area (Å²) in [5.41, 5.74) is 8.39. The molecule has 1 aromatic rings. The Morgan fingerprint density at radius 2 is 1.65 bits per heavy atom. The van der Waals surface area contributed by atoms with Crippen LogP contribution in [0.5, 0.6) is 11.5 Å². The van der Waals surface area contributed by atoms with Crippen LogP contribution in [0.3, 0.4) is 0 Å². The fourth-order valence-corrected chi connectivity index (χ4v) is 3.45. The van der Waals surface area contributed by atoms with E-state index < -0.39 is 0 Å². The van der Waals surface area contributed by atoms with Crippen molar-refractivity contribution in [2.75, 3.05) is 27.9 Å². The maximum Gasteiger partial charge on any atom is 0.124 e. The molecular formula is C16H25NO3. The Bertz CT molecular complexity index is 453. The molecule has 1 aliphatic rings. The standard InChI is InChI=1S/C16H25NO3/c1-18-10-12-13(19-2)6-7-14(20-3)15(12)16(11-17)8-4-5-9-16/h6-7H,4-5,8-11,17H2,1-3H3. The van der Waals surface area contributed by atoms with Gasteiger partial charge in [-0.15, -0.1) is 0 Å². The molecule has 1 saturated carbocycles. The predicted molar refractivity (Wildman–Crippen MR) is 79.5 cm³/mol. The molecule has 2 N–H and O–H groups in total. The second-order valence-electron chi connectivity index (χ2n) is 5.45. The fourth-order valence-electron chi connectivity index (χ4n) is 3.45. The third-order valence-corrected chi connectivity index (χ3v) is 4.44. The Morgan fingerprint density at radius 1 is 1.05 bits per heavy atom. The Morgan fingerprint density at radius 3 is 2.15 bits per heavy atom. The molecule has 1 aliphatic carbocycles. The molecule has 4 nitrogen and oxygen atoms in total. The third-order valence-electron chi connectivity index (χ3n) is 4.44. The van der Waals surface area contributed by atoms with Crippen molar-refractivity contribution < 1.29 is 14.2 Å². The van der Waals surface area contributed by atoms with Crippen molar-refractivity contribution in [3.63, 3.8) is 0 Å². The highest BCUT2D eigenvalue weighted by molar-refractivity contribution is 5.53. The van der Waals surface area contributed by atoms with Gasteiger partial charge < -0.3 is 19.9 Å². The lowest BCUT2D eigenvalue weighted by Crippen LogP contribution is -2.34. The summed E-state index contributed by atoms with van der Waals surface area (Å²) in [6.07, 6.45) is 4.63. The lowest BCUT2D eigenvalue weighted by atomic mass is 9.76. The summed E-state index contributed by atoms with van der Waals surface area (Å²) in [5, 5.41) is 0. The van der Waals surface area contributed by atoms with Crippen molar-refractivity contribution in [2.45, 2.75) is 37.7 Å². The largest absolute Gasteiger partial charge is 0.496 e. The van der Waals surface area contributed by atoms with Gasteiger partial charge in [0.2, 0.25) is 0 Å². The molecule has 0 aromatic heterocycles. The van der Waals surface area contributed by atoms with E-state index in [0.29, 0.717) is 13.2 Å². The van der Waals surface area contributed by atoms with Crippen molar-refractivity contribution >= 4 is 0 Å². The van der Waals surface area contributed by atoms with Crippen LogP contribution in [0.15, 0.2) is 12.1 Å². The molecule has 2 rings (SSSR count). The van der Waals surface area contributed by atoms with Gasteiger partial charge in [-0.25, -0.2) is 0 Å². The van der Waals surface area contributed by atoms with Gasteiger partial charge in [0.25, 0.3) is 0 Å². The summed E-state index contributed by atoms with van der Waals surface area (Å²) in [5.74, 6) is 1.74. The number of rotatable bonds is 6. The number of nitrogens with two attached hydrogens (primary N) is 1. The number of hydrogen-bond donors (Lipinski definition) is 1. The van der Waals surface area contributed by atoms with E-state index in [-0.39, 0.29) is 5.41 Å². The molecule has 112 valence electrons. The van der Waals surface area contributed by atoms with Crippen LogP contribution in [-0.4, -0.2) is 27.9 Å². The Balaban J connectivity index is 2.63. The van der Waals surface area contributed by atoms with Crippen molar-refractivity contribution in [3.05, 3.63) is 23.3 Å². The van der Waals surface area contributed by atoms with Crippen LogP contribution in [0.4, 0.5) is 0 Å². The maximum absolute atomic E-state index is 6.14. The van der Waals surface area contributed by atoms with Crippen molar-refractivity contribution in [2.24, 2.45) is 5.73 Å². The lowest BCUT2D eigenvalue weighted by Gasteiger charge is -2.32. The fraction of sp³-hybridized carbons (Fsp3) is 0.625. The van der Waals surface area contributed by atoms with Crippen LogP contribution in [0.25, 0.3) is 0 Å². The van der Waals surface area contributed by atoms with Gasteiger partial charge in [-0.05, 0) is 25.0 Å². The molecule has 0 amide bonds. The highest BCUT2D eigenvalue weighted by Gasteiger charge is 2.39. The van der Waals surface area contributed by atoms with Crippen LogP contribution in [0.2, 0.25) is 0 Å². The molecule has 0 saturated heterocycles. The first-order valence-electron chi connectivity index (χ1n) is 7.15. The zero-order chi connectivity index (χ0) is 14.6. The van der Waals surface area contributed by atoms with Crippen molar-refractivity contribution in [3.8, 4) is 11.5 Å². The molecule has 4 heteroatoms. The van der Waals surface area contributed by atoms with E-state index in [1.54, 1.807) is 21.3 Å². The van der Waals surface area contributed by atoms with Gasteiger partial charge in [0, 0.05) is 30.2 Å². The SMILES string of the molecule is COCc1c(OC)ccc(OC)c1C1(CN)CCCC1. The van der Waals surface area contributed by atoms with Crippen LogP contribution >= 0.6 is 0 Å². The number of methoxy groups -OCH3 is 3. The molecule has 0 radical (unpaired) electrons. The molecule has 0 unspecified atom stereocenters. The quantitative estimate of drug-likeness (QED) is 0.869. The normalized spacial score (nSPS) is 17.2. The number of benzene rings is 1. The molecule has 0 spiro atoms. The van der Waals surface area contributed by atoms with E-state index in [2.05, 4.69) is 0 Å². The zero-order valence-electron chi connectivity index (χ0n) is 12.7. The van der Waals surface area contributed by atoms with E-state index in [4.69, 9.17) is 19.9 Å². The van der Waals surface area contributed by atoms with E-state index in [9.17, 15) is 0 Å². The second-order valence-corrected chi connectivity index (χ2v) is 5.45. The minimum atomic E-state index is -0.00620. The first kappa shape index (κ1) is 15.1. The summed E-state index contributed by atoms with van der Waals surface area (Å²) in [6.45, 7) is 1.14. The van der Waals surface area contributed by atoms with E-state index in [1.807, 2.05) is 12.1 Å². The summed E-state index contributed by atoms with van der Waals surface area (Å²) in [4.78, 5) is 0. The van der Waals surface area contributed by atoms with E-state index in [0.717, 1.165) is 29.9 Å². The Hall–Kier alpha value is -1.26. The molecule has 1 aromatic carbocycles. The van der Waals surface area contributed by atoms with Gasteiger partial charge in [-0.2, -0.15) is 0 Å². The van der Waals surface area contributed by atoms with Crippen LogP contribution in [0.1, 0.15) is 36.8 Å². The highest BCUT2D eigenvalue weighted by atomic mass is 16.5. The first-order valence-corrected chi connectivity index (χ1v) is 7.15. The van der Waals surface area contributed by atoms with E-state index in [1.165, 1.54) is 18.4 Å². The monoisotopic (exact) mass is 279 g/mol. The van der Waals surface area contributed by atoms with Gasteiger partial charge in [0.05, 0.1) is 20.8 Å². The molecule has 1 fully saturated rings. The maximum atomic E-state index is 6.14. The van der Waals surface area contributed by atoms with Crippen LogP contribution in [-0.2, 0) is 16.8 Å². The van der Waals surface area contributed by atoms with Gasteiger partial charge in [0.15, 0.2) is 0 Å². The third kappa shape index (κ3) is 2.50. The molecule has 0 heterocycles. The number of ether oxygens (including phenoxy) is 3. The topological polar surface area (TPSA) is 53.7 Å². The molecule has 0 bridgehead atoms. The Labute approximate surface area is 121 Å². The minimum absolute atomic E-state index is 0.00620. The van der Waals surface area contributed by atoms with Gasteiger partial charge in [0.1, 0.15) is 11.5 Å². The summed E-state index contributed by atoms with van der Waals surface area (Å²) >= 11 is 0. The first-order chi connectivity index (χ1) is 9.72. The van der Waals surface area contributed by atoms with Crippen molar-refractivity contribution in [1.82, 2.24) is 0 Å². The molecular weight excluding hydrogens is 254 g/mol. The average molecular weight is 279 g/mol. The highest BCUT2D eigenvalue weighted by Crippen LogP contribution is 2.47. The average Bonchev–Trinajstić information content (AvgIpc) is 2.96. The number of hydrogen-bond acceptors (Lipinski definition) is 4. The van der Waals surface area contributed by atoms with Gasteiger partial charge in [-0.1, -0.05) is 12.8 Å². The van der Waals surface area contributed by atoms with Gasteiger partial charge >= 0.3 is 0 Å². The summed E-state index contributed by atoms with van der Waals surface area (Å²) in [7, 11) is 5.10. The van der Waals surface area contributed by atoms with E-state index >= 15 is 0 Å². The molecule has 20 heavy (non-hydrogen) atoms. The summed E-state index contributed by atoms with van der Waals surface area (Å²) < 4.78 is 16.5. The second kappa shape index (κ2) is 6.46. The van der Waals surface area contributed by atoms with Gasteiger partial charge in [-0.3, -0.25) is 0 Å². The smallest absolute Gasteiger partial charge is 0.124 e. The minimum Gasteiger partial charge on any atom is -0.496 e. The summed E-state index contributed by atoms with van der Waals surface area (Å²) in [6, 6.07) is 3.92. The molecule has 0 atom stereocenters. The Kier molecular flexibility index (Phi) is 4.89. The van der Waals surface area contributed by atoms with Crippen molar-refractivity contribution in [1.29, 1.82) is 0 Å². The zero-order valence-corrected chi connectivity index (χ0v) is 12.7. The molecule has 0 aliphatic heterocycles. The van der Waals surface area contributed by atoms with Crippen LogP contribution in [0, 0.1) is 0 Å².